The predicted octanol–water partition coefficient (Wildman–Crippen LogP) is 3.11. The third kappa shape index (κ3) is 3.81. The maximum absolute atomic E-state index is 12.2. The van der Waals surface area contributed by atoms with E-state index < -0.39 is 11.9 Å². The van der Waals surface area contributed by atoms with Crippen molar-refractivity contribution in [2.24, 2.45) is 5.92 Å². The van der Waals surface area contributed by atoms with Gasteiger partial charge >= 0.3 is 5.97 Å². The Labute approximate surface area is 113 Å². The van der Waals surface area contributed by atoms with Gasteiger partial charge < -0.3 is 9.84 Å². The lowest BCUT2D eigenvalue weighted by Gasteiger charge is -2.14. The van der Waals surface area contributed by atoms with Crippen molar-refractivity contribution in [2.45, 2.75) is 33.1 Å². The second-order valence-corrected chi connectivity index (χ2v) is 4.97. The van der Waals surface area contributed by atoms with Gasteiger partial charge in [0.25, 0.3) is 0 Å². The van der Waals surface area contributed by atoms with Gasteiger partial charge in [-0.1, -0.05) is 20.8 Å². The summed E-state index contributed by atoms with van der Waals surface area (Å²) >= 11 is 0. The molecule has 1 N–H and O–H groups in total. The molecule has 0 aliphatic rings. The highest BCUT2D eigenvalue weighted by Crippen LogP contribution is 2.28. The highest BCUT2D eigenvalue weighted by molar-refractivity contribution is 5.99. The van der Waals surface area contributed by atoms with E-state index in [-0.39, 0.29) is 18.1 Å². The molecule has 4 nitrogen and oxygen atoms in total. The van der Waals surface area contributed by atoms with Crippen molar-refractivity contribution in [3.63, 3.8) is 0 Å². The molecule has 0 spiro atoms. The number of rotatable bonds is 6. The summed E-state index contributed by atoms with van der Waals surface area (Å²) in [4.78, 5) is 22.8. The zero-order chi connectivity index (χ0) is 14.6. The number of carboxylic acids is 1. The quantitative estimate of drug-likeness (QED) is 0.802. The van der Waals surface area contributed by atoms with E-state index in [0.29, 0.717) is 5.56 Å². The van der Waals surface area contributed by atoms with E-state index in [9.17, 15) is 9.59 Å². The van der Waals surface area contributed by atoms with E-state index >= 15 is 0 Å². The molecule has 0 aliphatic heterocycles. The first kappa shape index (κ1) is 15.2. The molecule has 1 aromatic rings. The molecule has 104 valence electrons. The van der Waals surface area contributed by atoms with Crippen molar-refractivity contribution in [3.8, 4) is 5.75 Å². The van der Waals surface area contributed by atoms with Crippen molar-refractivity contribution in [1.29, 1.82) is 0 Å². The van der Waals surface area contributed by atoms with Gasteiger partial charge in [-0.15, -0.1) is 0 Å². The number of hydrogen-bond donors (Lipinski definition) is 1. The van der Waals surface area contributed by atoms with Gasteiger partial charge in [0.1, 0.15) is 5.75 Å². The number of aliphatic carboxylic acids is 1. The zero-order valence-corrected chi connectivity index (χ0v) is 11.8. The summed E-state index contributed by atoms with van der Waals surface area (Å²) in [6.45, 7) is 5.68. The molecule has 0 saturated carbocycles. The highest BCUT2D eigenvalue weighted by Gasteiger charge is 2.20. The normalized spacial score (nSPS) is 12.3. The molecule has 0 amide bonds. The number of ketones is 1. The topological polar surface area (TPSA) is 63.6 Å². The van der Waals surface area contributed by atoms with Crippen molar-refractivity contribution in [1.82, 2.24) is 0 Å². The third-order valence-electron chi connectivity index (χ3n) is 3.06. The van der Waals surface area contributed by atoms with E-state index in [1.807, 2.05) is 13.8 Å². The molecule has 0 fully saturated rings. The number of methoxy groups -OCH3 is 1. The Balaban J connectivity index is 3.04. The molecular formula is C15H20O4. The molecule has 0 aliphatic carbocycles. The lowest BCUT2D eigenvalue weighted by atomic mass is 9.92. The van der Waals surface area contributed by atoms with Gasteiger partial charge in [-0.3, -0.25) is 9.59 Å². The first-order valence-electron chi connectivity index (χ1n) is 6.30. The minimum absolute atomic E-state index is 0.146. The Morgan fingerprint density at radius 2 is 1.89 bits per heavy atom. The predicted molar refractivity (Wildman–Crippen MR) is 72.8 cm³/mol. The summed E-state index contributed by atoms with van der Waals surface area (Å²) in [5.41, 5.74) is 1.49. The van der Waals surface area contributed by atoms with Gasteiger partial charge in [-0.25, -0.2) is 0 Å². The summed E-state index contributed by atoms with van der Waals surface area (Å²) in [6, 6.07) is 5.24. The Morgan fingerprint density at radius 1 is 1.26 bits per heavy atom. The first-order chi connectivity index (χ1) is 8.86. The first-order valence-corrected chi connectivity index (χ1v) is 6.30. The van der Waals surface area contributed by atoms with Crippen LogP contribution in [0.1, 0.15) is 49.0 Å². The highest BCUT2D eigenvalue weighted by atomic mass is 16.5. The number of ether oxygens (including phenoxy) is 1. The molecule has 1 atom stereocenters. The standard InChI is InChI=1S/C15H20O4/c1-9(2)12-8-11(5-6-13(12)19-4)15(18)10(3)7-14(16)17/h5-6,8-10H,7H2,1-4H3,(H,16,17). The van der Waals surface area contributed by atoms with Crippen LogP contribution >= 0.6 is 0 Å². The Bertz CT molecular complexity index is 477. The average molecular weight is 264 g/mol. The Kier molecular flexibility index (Phi) is 5.10. The molecule has 0 bridgehead atoms. The van der Waals surface area contributed by atoms with Gasteiger partial charge in [0, 0.05) is 11.5 Å². The molecule has 1 unspecified atom stereocenters. The fourth-order valence-electron chi connectivity index (χ4n) is 1.98. The molecule has 0 aromatic heterocycles. The van der Waals surface area contributed by atoms with E-state index in [4.69, 9.17) is 9.84 Å². The maximum atomic E-state index is 12.2. The number of benzene rings is 1. The summed E-state index contributed by atoms with van der Waals surface area (Å²) in [5.74, 6) is -0.647. The maximum Gasteiger partial charge on any atom is 0.304 e. The number of hydrogen-bond acceptors (Lipinski definition) is 3. The van der Waals surface area contributed by atoms with Crippen LogP contribution in [0, 0.1) is 5.92 Å². The zero-order valence-electron chi connectivity index (χ0n) is 11.8. The molecule has 0 radical (unpaired) electrons. The van der Waals surface area contributed by atoms with Crippen LogP contribution < -0.4 is 4.74 Å². The van der Waals surface area contributed by atoms with Gasteiger partial charge in [0.05, 0.1) is 13.5 Å². The molecule has 19 heavy (non-hydrogen) atoms. The molecule has 1 rings (SSSR count). The van der Waals surface area contributed by atoms with Crippen LogP contribution in [-0.4, -0.2) is 24.0 Å². The smallest absolute Gasteiger partial charge is 0.304 e. The van der Waals surface area contributed by atoms with E-state index in [1.54, 1.807) is 32.2 Å². The van der Waals surface area contributed by atoms with Gasteiger partial charge in [-0.05, 0) is 29.7 Å². The summed E-state index contributed by atoms with van der Waals surface area (Å²) < 4.78 is 5.26. The van der Waals surface area contributed by atoms with Crippen molar-refractivity contribution < 1.29 is 19.4 Å². The van der Waals surface area contributed by atoms with Crippen LogP contribution in [0.3, 0.4) is 0 Å². The number of carboxylic acid groups (broad SMARTS) is 1. The van der Waals surface area contributed by atoms with Crippen LogP contribution in [0.15, 0.2) is 18.2 Å². The van der Waals surface area contributed by atoms with Crippen molar-refractivity contribution >= 4 is 11.8 Å². The second kappa shape index (κ2) is 6.36. The fourth-order valence-corrected chi connectivity index (χ4v) is 1.98. The van der Waals surface area contributed by atoms with Crippen LogP contribution in [-0.2, 0) is 4.79 Å². The third-order valence-corrected chi connectivity index (χ3v) is 3.06. The van der Waals surface area contributed by atoms with Crippen LogP contribution in [0.2, 0.25) is 0 Å². The van der Waals surface area contributed by atoms with Gasteiger partial charge in [-0.2, -0.15) is 0 Å². The van der Waals surface area contributed by atoms with Crippen LogP contribution in [0.5, 0.6) is 5.75 Å². The molecular weight excluding hydrogens is 244 g/mol. The Morgan fingerprint density at radius 3 is 2.37 bits per heavy atom. The minimum atomic E-state index is -0.960. The second-order valence-electron chi connectivity index (χ2n) is 4.97. The number of carbonyl (C=O) groups is 2. The lowest BCUT2D eigenvalue weighted by Crippen LogP contribution is -2.15. The number of carbonyl (C=O) groups excluding carboxylic acids is 1. The minimum Gasteiger partial charge on any atom is -0.496 e. The SMILES string of the molecule is COc1ccc(C(=O)C(C)CC(=O)O)cc1C(C)C. The summed E-state index contributed by atoms with van der Waals surface area (Å²) in [7, 11) is 1.59. The molecule has 1 aromatic carbocycles. The van der Waals surface area contributed by atoms with Crippen LogP contribution in [0.25, 0.3) is 0 Å². The van der Waals surface area contributed by atoms with Gasteiger partial charge in [0.15, 0.2) is 5.78 Å². The summed E-state index contributed by atoms with van der Waals surface area (Å²) in [5, 5.41) is 8.73. The monoisotopic (exact) mass is 264 g/mol. The molecule has 0 saturated heterocycles. The largest absolute Gasteiger partial charge is 0.496 e. The Hall–Kier alpha value is -1.84. The van der Waals surface area contributed by atoms with Crippen LogP contribution in [0.4, 0.5) is 0 Å². The average Bonchev–Trinajstić information content (AvgIpc) is 2.36. The van der Waals surface area contributed by atoms with E-state index in [2.05, 4.69) is 0 Å². The fraction of sp³-hybridized carbons (Fsp3) is 0.467. The summed E-state index contributed by atoms with van der Waals surface area (Å²) in [6.07, 6.45) is -0.151. The lowest BCUT2D eigenvalue weighted by molar-refractivity contribution is -0.137. The number of Topliss-reactive ketones (excluding diaryl/α,β-unsaturated/α-hetero) is 1. The van der Waals surface area contributed by atoms with E-state index in [1.165, 1.54) is 0 Å². The molecule has 4 heteroatoms. The van der Waals surface area contributed by atoms with Crippen molar-refractivity contribution in [3.05, 3.63) is 29.3 Å². The van der Waals surface area contributed by atoms with E-state index in [0.717, 1.165) is 11.3 Å². The molecule has 0 heterocycles. The van der Waals surface area contributed by atoms with Gasteiger partial charge in [0.2, 0.25) is 0 Å². The van der Waals surface area contributed by atoms with Crippen molar-refractivity contribution in [2.75, 3.05) is 7.11 Å².